The Kier molecular flexibility index (Phi) is 5.52. The zero-order valence-corrected chi connectivity index (χ0v) is 22.6. The molecule has 5 nitrogen and oxygen atoms in total. The summed E-state index contributed by atoms with van der Waals surface area (Å²) in [7, 11) is 0. The van der Waals surface area contributed by atoms with E-state index in [1.165, 1.54) is 0 Å². The molecule has 0 spiro atoms. The molecule has 8 rings (SSSR count). The average molecular weight is 543 g/mol. The van der Waals surface area contributed by atoms with E-state index < -0.39 is 5.60 Å². The zero-order chi connectivity index (χ0) is 28.1. The lowest BCUT2D eigenvalue weighted by atomic mass is 9.87. The molecule has 3 aliphatic heterocycles. The number of nitrogens with one attached hydrogen (secondary N) is 2. The van der Waals surface area contributed by atoms with Crippen LogP contribution in [0.4, 0.5) is 0 Å². The van der Waals surface area contributed by atoms with Crippen molar-refractivity contribution in [2.45, 2.75) is 5.60 Å². The van der Waals surface area contributed by atoms with Crippen LogP contribution in [-0.4, -0.2) is 26.5 Å². The van der Waals surface area contributed by atoms with Crippen LogP contribution in [0.1, 0.15) is 39.5 Å². The van der Waals surface area contributed by atoms with Crippen molar-refractivity contribution in [1.29, 1.82) is 0 Å². The summed E-state index contributed by atoms with van der Waals surface area (Å²) >= 11 is 0. The van der Waals surface area contributed by atoms with Gasteiger partial charge >= 0.3 is 0 Å². The van der Waals surface area contributed by atoms with Crippen LogP contribution in [0, 0.1) is 0 Å². The Morgan fingerprint density at radius 2 is 0.976 bits per heavy atom. The van der Waals surface area contributed by atoms with Crippen LogP contribution in [0.5, 0.6) is 0 Å². The van der Waals surface area contributed by atoms with Crippen LogP contribution < -0.4 is 0 Å². The first-order chi connectivity index (χ1) is 20.7. The van der Waals surface area contributed by atoms with Gasteiger partial charge in [-0.1, -0.05) is 91.0 Å². The molecule has 5 heteroatoms. The molecule has 1 unspecified atom stereocenters. The second-order valence-corrected chi connectivity index (χ2v) is 10.6. The van der Waals surface area contributed by atoms with Crippen LogP contribution in [0.15, 0.2) is 161 Å². The van der Waals surface area contributed by atoms with Crippen LogP contribution in [0.2, 0.25) is 0 Å². The first kappa shape index (κ1) is 24.3. The largest absolute Gasteiger partial charge is 0.373 e. The smallest absolute Gasteiger partial charge is 0.169 e. The quantitative estimate of drug-likeness (QED) is 0.222. The Labute approximate surface area is 243 Å². The summed E-state index contributed by atoms with van der Waals surface area (Å²) in [6.45, 7) is 0. The molecule has 1 atom stereocenters. The Bertz CT molecular complexity index is 2020. The number of aromatic amines is 2. The second-order valence-electron chi connectivity index (χ2n) is 10.6. The van der Waals surface area contributed by atoms with Crippen molar-refractivity contribution < 1.29 is 5.11 Å². The third-order valence-corrected chi connectivity index (χ3v) is 8.06. The van der Waals surface area contributed by atoms with Gasteiger partial charge in [-0.15, -0.1) is 0 Å². The van der Waals surface area contributed by atoms with E-state index in [1.54, 1.807) is 0 Å². The minimum absolute atomic E-state index is 0.651. The standard InChI is InChI=1S/C37H26N4O/c42-37(26-14-8-3-9-15-26)33-22-20-28(40-33)27-16-17-29(38-27)35(24-10-4-1-5-11-24)30-18-19-31(39-30)36(25-12-6-2-7-13-25)32-21-23-34(37)41-32/h1-23,40-42H/b35-29-,36-31-. The molecule has 3 aliphatic rings. The lowest BCUT2D eigenvalue weighted by Gasteiger charge is -2.27. The maximum atomic E-state index is 12.6. The van der Waals surface area contributed by atoms with Gasteiger partial charge in [-0.05, 0) is 65.3 Å². The summed E-state index contributed by atoms with van der Waals surface area (Å²) in [6.07, 6.45) is 8.19. The molecule has 0 amide bonds. The summed E-state index contributed by atoms with van der Waals surface area (Å²) in [5.74, 6) is 0. The molecule has 0 aliphatic carbocycles. The zero-order valence-electron chi connectivity index (χ0n) is 22.6. The molecule has 5 aromatic rings. The van der Waals surface area contributed by atoms with Crippen molar-refractivity contribution in [3.8, 4) is 0 Å². The predicted octanol–water partition coefficient (Wildman–Crippen LogP) is 7.18. The van der Waals surface area contributed by atoms with Crippen molar-refractivity contribution in [2.75, 3.05) is 0 Å². The highest BCUT2D eigenvalue weighted by Crippen LogP contribution is 2.39. The molecule has 200 valence electrons. The van der Waals surface area contributed by atoms with Crippen molar-refractivity contribution in [3.05, 3.63) is 190 Å². The van der Waals surface area contributed by atoms with Crippen molar-refractivity contribution in [3.63, 3.8) is 0 Å². The minimum Gasteiger partial charge on any atom is -0.373 e. The fraction of sp³-hybridized carbons (Fsp3) is 0.0270. The molecule has 0 fully saturated rings. The molecule has 5 heterocycles. The van der Waals surface area contributed by atoms with Gasteiger partial charge in [0.15, 0.2) is 5.60 Å². The van der Waals surface area contributed by atoms with E-state index >= 15 is 0 Å². The SMILES string of the molecule is OC1(c2ccccc2)c2ccc([nH]2)C2=N/C(=C(/c3ccccc3)C3=N/C(=C(/c4ccccc4)c4ccc1[nH]4)C=C3)C=C2. The number of aliphatic hydroxyl groups is 1. The lowest BCUT2D eigenvalue weighted by molar-refractivity contribution is 0.117. The summed E-state index contributed by atoms with van der Waals surface area (Å²) in [4.78, 5) is 17.4. The molecule has 8 bridgehead atoms. The third-order valence-electron chi connectivity index (χ3n) is 8.06. The number of aliphatic imine (C=N–C) groups is 2. The monoisotopic (exact) mass is 542 g/mol. The lowest BCUT2D eigenvalue weighted by Crippen LogP contribution is -2.30. The molecular formula is C37H26N4O. The molecule has 3 aromatic carbocycles. The van der Waals surface area contributed by atoms with E-state index in [0.717, 1.165) is 62.0 Å². The molecule has 0 saturated heterocycles. The van der Waals surface area contributed by atoms with Crippen molar-refractivity contribution in [1.82, 2.24) is 9.97 Å². The molecule has 42 heavy (non-hydrogen) atoms. The second kappa shape index (κ2) is 9.54. The number of allylic oxidation sites excluding steroid dienone is 5. The van der Waals surface area contributed by atoms with Gasteiger partial charge in [0, 0.05) is 16.8 Å². The van der Waals surface area contributed by atoms with Crippen molar-refractivity contribution in [2.24, 2.45) is 9.98 Å². The summed E-state index contributed by atoms with van der Waals surface area (Å²) in [5.41, 5.74) is 9.61. The Morgan fingerprint density at radius 3 is 1.64 bits per heavy atom. The molecule has 0 saturated carbocycles. The molecule has 3 N–H and O–H groups in total. The highest BCUT2D eigenvalue weighted by Gasteiger charge is 2.37. The summed E-state index contributed by atoms with van der Waals surface area (Å²) < 4.78 is 0. The van der Waals surface area contributed by atoms with Gasteiger partial charge in [0.1, 0.15) is 0 Å². The van der Waals surface area contributed by atoms with E-state index in [-0.39, 0.29) is 0 Å². The van der Waals surface area contributed by atoms with Crippen LogP contribution in [0.3, 0.4) is 0 Å². The van der Waals surface area contributed by atoms with Gasteiger partial charge < -0.3 is 15.1 Å². The highest BCUT2D eigenvalue weighted by atomic mass is 16.3. The third kappa shape index (κ3) is 3.83. The number of hydrogen-bond acceptors (Lipinski definition) is 3. The summed E-state index contributed by atoms with van der Waals surface area (Å²) in [6, 6.07) is 38.2. The fourth-order valence-corrected chi connectivity index (χ4v) is 6.01. The number of aromatic nitrogens is 2. The Hall–Kier alpha value is -5.52. The van der Waals surface area contributed by atoms with E-state index in [1.807, 2.05) is 103 Å². The van der Waals surface area contributed by atoms with Crippen LogP contribution in [0.25, 0.3) is 11.1 Å². The number of nitrogens with zero attached hydrogens (tertiary/aromatic N) is 2. The van der Waals surface area contributed by atoms with E-state index in [2.05, 4.69) is 46.4 Å². The number of hydrogen-bond donors (Lipinski definition) is 3. The Balaban J connectivity index is 1.45. The first-order valence-electron chi connectivity index (χ1n) is 14.0. The topological polar surface area (TPSA) is 76.5 Å². The maximum Gasteiger partial charge on any atom is 0.169 e. The maximum absolute atomic E-state index is 12.6. The van der Waals surface area contributed by atoms with Gasteiger partial charge in [0.25, 0.3) is 0 Å². The first-order valence-corrected chi connectivity index (χ1v) is 14.0. The van der Waals surface area contributed by atoms with E-state index in [0.29, 0.717) is 11.4 Å². The number of rotatable bonds is 3. The Morgan fingerprint density at radius 1 is 0.476 bits per heavy atom. The van der Waals surface area contributed by atoms with E-state index in [9.17, 15) is 5.11 Å². The number of benzene rings is 3. The van der Waals surface area contributed by atoms with Crippen LogP contribution in [-0.2, 0) is 5.60 Å². The van der Waals surface area contributed by atoms with Gasteiger partial charge in [-0.25, -0.2) is 9.98 Å². The van der Waals surface area contributed by atoms with Gasteiger partial charge in [0.2, 0.25) is 0 Å². The van der Waals surface area contributed by atoms with Crippen LogP contribution >= 0.6 is 0 Å². The predicted molar refractivity (Wildman–Crippen MR) is 168 cm³/mol. The van der Waals surface area contributed by atoms with Gasteiger partial charge in [0.05, 0.1) is 39.9 Å². The summed E-state index contributed by atoms with van der Waals surface area (Å²) in [5, 5.41) is 12.6. The molecule has 0 radical (unpaired) electrons. The minimum atomic E-state index is -1.46. The average Bonchev–Trinajstić information content (AvgIpc) is 3.87. The van der Waals surface area contributed by atoms with Crippen molar-refractivity contribution >= 4 is 22.6 Å². The van der Waals surface area contributed by atoms with Gasteiger partial charge in [-0.3, -0.25) is 0 Å². The molecule has 2 aromatic heterocycles. The van der Waals surface area contributed by atoms with E-state index in [4.69, 9.17) is 9.98 Å². The number of fused-ring (bicyclic) bond motifs is 7. The fourth-order valence-electron chi connectivity index (χ4n) is 6.01. The highest BCUT2D eigenvalue weighted by molar-refractivity contribution is 6.32. The van der Waals surface area contributed by atoms with Gasteiger partial charge in [-0.2, -0.15) is 0 Å². The normalized spacial score (nSPS) is 22.5. The number of H-pyrrole nitrogens is 2. The molecular weight excluding hydrogens is 516 g/mol.